The van der Waals surface area contributed by atoms with Crippen LogP contribution in [0.3, 0.4) is 0 Å². The summed E-state index contributed by atoms with van der Waals surface area (Å²) in [5.74, 6) is -0.993. The first-order valence-corrected chi connectivity index (χ1v) is 6.02. The van der Waals surface area contributed by atoms with E-state index in [9.17, 15) is 4.79 Å². The van der Waals surface area contributed by atoms with Gasteiger partial charge < -0.3 is 16.2 Å². The molecule has 0 saturated carbocycles. The third kappa shape index (κ3) is 3.55. The highest BCUT2D eigenvalue weighted by Crippen LogP contribution is 2.19. The molecule has 2 unspecified atom stereocenters. The molecule has 0 fully saturated rings. The van der Waals surface area contributed by atoms with E-state index in [2.05, 4.69) is 17.2 Å². The molecule has 0 aliphatic rings. The van der Waals surface area contributed by atoms with E-state index < -0.39 is 12.0 Å². The number of thiazole rings is 1. The SMILES string of the molecule is CCc1cnc(C(C)NCC(N)C(=O)O)s1. The summed E-state index contributed by atoms with van der Waals surface area (Å²) in [6.45, 7) is 4.28. The second kappa shape index (κ2) is 5.93. The first-order valence-electron chi connectivity index (χ1n) is 5.21. The Kier molecular flexibility index (Phi) is 4.85. The Balaban J connectivity index is 2.46. The lowest BCUT2D eigenvalue weighted by molar-refractivity contribution is -0.138. The third-order valence-electron chi connectivity index (χ3n) is 2.25. The van der Waals surface area contributed by atoms with Gasteiger partial charge in [0.15, 0.2) is 0 Å². The van der Waals surface area contributed by atoms with Crippen LogP contribution in [0, 0.1) is 0 Å². The summed E-state index contributed by atoms with van der Waals surface area (Å²) < 4.78 is 0. The molecule has 1 heterocycles. The molecule has 16 heavy (non-hydrogen) atoms. The van der Waals surface area contributed by atoms with E-state index in [1.807, 2.05) is 13.1 Å². The highest BCUT2D eigenvalue weighted by Gasteiger charge is 2.14. The van der Waals surface area contributed by atoms with Crippen LogP contribution in [0.25, 0.3) is 0 Å². The third-order valence-corrected chi connectivity index (χ3v) is 3.58. The van der Waals surface area contributed by atoms with Gasteiger partial charge in [0.2, 0.25) is 0 Å². The molecule has 1 aromatic heterocycles. The molecule has 4 N–H and O–H groups in total. The summed E-state index contributed by atoms with van der Waals surface area (Å²) in [6.07, 6.45) is 2.83. The molecular weight excluding hydrogens is 226 g/mol. The zero-order chi connectivity index (χ0) is 12.1. The maximum Gasteiger partial charge on any atom is 0.321 e. The average molecular weight is 243 g/mol. The molecule has 0 amide bonds. The number of carboxylic acid groups (broad SMARTS) is 1. The van der Waals surface area contributed by atoms with Crippen LogP contribution in [0.5, 0.6) is 0 Å². The van der Waals surface area contributed by atoms with E-state index >= 15 is 0 Å². The zero-order valence-corrected chi connectivity index (χ0v) is 10.3. The van der Waals surface area contributed by atoms with Crippen LogP contribution >= 0.6 is 11.3 Å². The zero-order valence-electron chi connectivity index (χ0n) is 9.43. The Morgan fingerprint density at radius 3 is 2.94 bits per heavy atom. The minimum Gasteiger partial charge on any atom is -0.480 e. The molecule has 6 heteroatoms. The first kappa shape index (κ1) is 13.1. The van der Waals surface area contributed by atoms with Crippen molar-refractivity contribution in [2.75, 3.05) is 6.54 Å². The second-order valence-corrected chi connectivity index (χ2v) is 4.74. The molecule has 0 spiro atoms. The van der Waals surface area contributed by atoms with Gasteiger partial charge in [-0.3, -0.25) is 4.79 Å². The summed E-state index contributed by atoms with van der Waals surface area (Å²) in [7, 11) is 0. The standard InChI is InChI=1S/C10H17N3O2S/c1-3-7-4-13-9(16-7)6(2)12-5-8(11)10(14)15/h4,6,8,12H,3,5,11H2,1-2H3,(H,14,15). The molecule has 90 valence electrons. The number of rotatable bonds is 6. The fraction of sp³-hybridized carbons (Fsp3) is 0.600. The maximum atomic E-state index is 10.5. The van der Waals surface area contributed by atoms with Crippen molar-refractivity contribution < 1.29 is 9.90 Å². The van der Waals surface area contributed by atoms with Gasteiger partial charge in [0.05, 0.1) is 6.04 Å². The number of nitrogens with zero attached hydrogens (tertiary/aromatic N) is 1. The van der Waals surface area contributed by atoms with Crippen molar-refractivity contribution in [2.24, 2.45) is 5.73 Å². The average Bonchev–Trinajstić information content (AvgIpc) is 2.73. The summed E-state index contributed by atoms with van der Waals surface area (Å²) in [4.78, 5) is 16.0. The largest absolute Gasteiger partial charge is 0.480 e. The first-order chi connectivity index (χ1) is 7.54. The number of nitrogens with one attached hydrogen (secondary N) is 1. The fourth-order valence-corrected chi connectivity index (χ4v) is 2.05. The molecule has 5 nitrogen and oxygen atoms in total. The Labute approximate surface area is 98.7 Å². The predicted octanol–water partition coefficient (Wildman–Crippen LogP) is 0.768. The van der Waals surface area contributed by atoms with Crippen LogP contribution in [-0.2, 0) is 11.2 Å². The number of aliphatic carboxylic acids is 1. The lowest BCUT2D eigenvalue weighted by Crippen LogP contribution is -2.41. The summed E-state index contributed by atoms with van der Waals surface area (Å²) in [5, 5.41) is 12.7. The van der Waals surface area contributed by atoms with Crippen LogP contribution in [0.1, 0.15) is 29.8 Å². The van der Waals surface area contributed by atoms with Gasteiger partial charge in [-0.05, 0) is 13.3 Å². The number of nitrogens with two attached hydrogens (primary N) is 1. The molecule has 0 saturated heterocycles. The van der Waals surface area contributed by atoms with E-state index in [4.69, 9.17) is 10.8 Å². The molecule has 0 aliphatic heterocycles. The van der Waals surface area contributed by atoms with Gasteiger partial charge in [-0.15, -0.1) is 11.3 Å². The van der Waals surface area contributed by atoms with Crippen molar-refractivity contribution in [2.45, 2.75) is 32.4 Å². The normalized spacial score (nSPS) is 14.7. The number of carbonyl (C=O) groups is 1. The Morgan fingerprint density at radius 2 is 2.44 bits per heavy atom. The summed E-state index contributed by atoms with van der Waals surface area (Å²) in [6, 6.07) is -0.830. The lowest BCUT2D eigenvalue weighted by Gasteiger charge is -2.13. The van der Waals surface area contributed by atoms with Crippen molar-refractivity contribution in [1.82, 2.24) is 10.3 Å². The number of aromatic nitrogens is 1. The van der Waals surface area contributed by atoms with Crippen LogP contribution in [0.15, 0.2) is 6.20 Å². The lowest BCUT2D eigenvalue weighted by atomic mass is 10.3. The van der Waals surface area contributed by atoms with Crippen LogP contribution in [-0.4, -0.2) is 28.6 Å². The van der Waals surface area contributed by atoms with Crippen LogP contribution in [0.2, 0.25) is 0 Å². The van der Waals surface area contributed by atoms with Gasteiger partial charge in [-0.2, -0.15) is 0 Å². The van der Waals surface area contributed by atoms with Gasteiger partial charge in [-0.25, -0.2) is 4.98 Å². The monoisotopic (exact) mass is 243 g/mol. The van der Waals surface area contributed by atoms with Crippen molar-refractivity contribution >= 4 is 17.3 Å². The van der Waals surface area contributed by atoms with E-state index in [0.29, 0.717) is 0 Å². The van der Waals surface area contributed by atoms with Gasteiger partial charge in [0.25, 0.3) is 0 Å². The molecule has 2 atom stereocenters. The topological polar surface area (TPSA) is 88.2 Å². The van der Waals surface area contributed by atoms with Crippen molar-refractivity contribution in [3.63, 3.8) is 0 Å². The van der Waals surface area contributed by atoms with Gasteiger partial charge in [0, 0.05) is 17.6 Å². The molecule has 0 radical (unpaired) electrons. The second-order valence-electron chi connectivity index (χ2n) is 3.59. The van der Waals surface area contributed by atoms with Gasteiger partial charge >= 0.3 is 5.97 Å². The van der Waals surface area contributed by atoms with E-state index in [1.54, 1.807) is 11.3 Å². The van der Waals surface area contributed by atoms with Gasteiger partial charge in [-0.1, -0.05) is 6.92 Å². The quantitative estimate of drug-likeness (QED) is 0.686. The Hall–Kier alpha value is -0.980. The molecule has 0 aliphatic carbocycles. The Bertz CT molecular complexity index is 354. The highest BCUT2D eigenvalue weighted by atomic mass is 32.1. The van der Waals surface area contributed by atoms with Gasteiger partial charge in [0.1, 0.15) is 11.0 Å². The fourth-order valence-electron chi connectivity index (χ4n) is 1.16. The van der Waals surface area contributed by atoms with Crippen LogP contribution < -0.4 is 11.1 Å². The number of carboxylic acids is 1. The number of hydrogen-bond acceptors (Lipinski definition) is 5. The minimum atomic E-state index is -0.993. The highest BCUT2D eigenvalue weighted by molar-refractivity contribution is 7.11. The summed E-state index contributed by atoms with van der Waals surface area (Å²) in [5.41, 5.74) is 5.40. The predicted molar refractivity (Wildman–Crippen MR) is 63.5 cm³/mol. The smallest absolute Gasteiger partial charge is 0.321 e. The Morgan fingerprint density at radius 1 is 1.75 bits per heavy atom. The van der Waals surface area contributed by atoms with Crippen LogP contribution in [0.4, 0.5) is 0 Å². The molecule has 0 aromatic carbocycles. The molecule has 1 rings (SSSR count). The van der Waals surface area contributed by atoms with Crippen molar-refractivity contribution in [1.29, 1.82) is 0 Å². The van der Waals surface area contributed by atoms with Crippen molar-refractivity contribution in [3.8, 4) is 0 Å². The number of hydrogen-bond donors (Lipinski definition) is 3. The maximum absolute atomic E-state index is 10.5. The molecule has 1 aromatic rings. The number of aryl methyl sites for hydroxylation is 1. The summed E-state index contributed by atoms with van der Waals surface area (Å²) >= 11 is 1.64. The van der Waals surface area contributed by atoms with Crippen molar-refractivity contribution in [3.05, 3.63) is 16.1 Å². The molecular formula is C10H17N3O2S. The van der Waals surface area contributed by atoms with E-state index in [0.717, 1.165) is 11.4 Å². The molecule has 0 bridgehead atoms. The van der Waals surface area contributed by atoms with E-state index in [1.165, 1.54) is 4.88 Å². The van der Waals surface area contributed by atoms with E-state index in [-0.39, 0.29) is 12.6 Å². The minimum absolute atomic E-state index is 0.0377.